The fourth-order valence-electron chi connectivity index (χ4n) is 2.70. The number of hydrogen-bond acceptors (Lipinski definition) is 3. The van der Waals surface area contributed by atoms with Crippen LogP contribution in [0.2, 0.25) is 0 Å². The minimum Gasteiger partial charge on any atom is -0.266 e. The molecule has 1 aromatic rings. The Morgan fingerprint density at radius 1 is 1.44 bits per heavy atom. The van der Waals surface area contributed by atoms with Gasteiger partial charge in [0.1, 0.15) is 0 Å². The number of rotatable bonds is 5. The van der Waals surface area contributed by atoms with E-state index in [1.807, 2.05) is 6.92 Å². The minimum absolute atomic E-state index is 0.0404. The molecule has 2 N–H and O–H groups in total. The van der Waals surface area contributed by atoms with Gasteiger partial charge in [0.25, 0.3) is 10.0 Å². The third kappa shape index (κ3) is 3.11. The molecule has 0 spiro atoms. The molecule has 1 atom stereocenters. The van der Waals surface area contributed by atoms with Crippen LogP contribution in [0.1, 0.15) is 45.4 Å². The zero-order valence-corrected chi connectivity index (χ0v) is 11.5. The predicted octanol–water partition coefficient (Wildman–Crippen LogP) is 2.05. The first kappa shape index (κ1) is 13.5. The van der Waals surface area contributed by atoms with E-state index in [4.69, 9.17) is 0 Å². The van der Waals surface area contributed by atoms with Crippen molar-refractivity contribution in [1.29, 1.82) is 0 Å². The molecule has 1 fully saturated rings. The van der Waals surface area contributed by atoms with E-state index < -0.39 is 10.0 Å². The number of aromatic amines is 1. The molecular formula is C12H21N3O2S. The van der Waals surface area contributed by atoms with Crippen molar-refractivity contribution in [3.8, 4) is 0 Å². The summed E-state index contributed by atoms with van der Waals surface area (Å²) in [5.74, 6) is 0.474. The van der Waals surface area contributed by atoms with Gasteiger partial charge in [-0.2, -0.15) is 5.10 Å². The fourth-order valence-corrected chi connectivity index (χ4v) is 4.00. The van der Waals surface area contributed by atoms with Crippen LogP contribution in [-0.2, 0) is 10.0 Å². The monoisotopic (exact) mass is 271 g/mol. The molecule has 0 saturated heterocycles. The van der Waals surface area contributed by atoms with Gasteiger partial charge in [-0.15, -0.1) is 0 Å². The summed E-state index contributed by atoms with van der Waals surface area (Å²) in [7, 11) is -3.45. The van der Waals surface area contributed by atoms with Gasteiger partial charge in [-0.25, -0.2) is 13.1 Å². The van der Waals surface area contributed by atoms with Crippen molar-refractivity contribution >= 4 is 10.0 Å². The first-order valence-corrected chi connectivity index (χ1v) is 8.13. The third-order valence-electron chi connectivity index (χ3n) is 3.73. The van der Waals surface area contributed by atoms with Gasteiger partial charge in [0, 0.05) is 6.04 Å². The standard InChI is InChI=1S/C12H21N3O2S/c1-2-11(10-6-4-3-5-7-10)15-18(16,17)12-8-9-13-14-12/h8-11,15H,2-7H2,1H3,(H,13,14). The zero-order valence-electron chi connectivity index (χ0n) is 10.7. The summed E-state index contributed by atoms with van der Waals surface area (Å²) in [5, 5.41) is 6.35. The van der Waals surface area contributed by atoms with Crippen LogP contribution in [0.5, 0.6) is 0 Å². The zero-order chi connectivity index (χ0) is 13.0. The molecular weight excluding hydrogens is 250 g/mol. The van der Waals surface area contributed by atoms with E-state index in [9.17, 15) is 8.42 Å². The molecule has 1 heterocycles. The van der Waals surface area contributed by atoms with Crippen molar-refractivity contribution in [2.45, 2.75) is 56.5 Å². The maximum absolute atomic E-state index is 12.1. The van der Waals surface area contributed by atoms with Gasteiger partial charge in [-0.3, -0.25) is 5.10 Å². The molecule has 0 bridgehead atoms. The van der Waals surface area contributed by atoms with E-state index in [2.05, 4.69) is 14.9 Å². The molecule has 0 amide bonds. The first-order chi connectivity index (χ1) is 8.63. The third-order valence-corrected chi connectivity index (χ3v) is 5.15. The Morgan fingerprint density at radius 2 is 2.17 bits per heavy atom. The minimum atomic E-state index is -3.45. The lowest BCUT2D eigenvalue weighted by atomic mass is 9.83. The molecule has 2 rings (SSSR count). The quantitative estimate of drug-likeness (QED) is 0.860. The summed E-state index contributed by atoms with van der Waals surface area (Å²) >= 11 is 0. The van der Waals surface area contributed by atoms with E-state index in [0.717, 1.165) is 19.3 Å². The molecule has 5 nitrogen and oxygen atoms in total. The van der Waals surface area contributed by atoms with Crippen LogP contribution in [0, 0.1) is 5.92 Å². The Hall–Kier alpha value is -0.880. The second kappa shape index (κ2) is 5.84. The average molecular weight is 271 g/mol. The predicted molar refractivity (Wildman–Crippen MR) is 69.6 cm³/mol. The average Bonchev–Trinajstić information content (AvgIpc) is 2.92. The number of nitrogens with zero attached hydrogens (tertiary/aromatic N) is 1. The summed E-state index contributed by atoms with van der Waals surface area (Å²) in [5.41, 5.74) is 0. The molecule has 1 saturated carbocycles. The Labute approximate surface area is 108 Å². The van der Waals surface area contributed by atoms with Crippen molar-refractivity contribution in [2.75, 3.05) is 0 Å². The number of aromatic nitrogens is 2. The summed E-state index contributed by atoms with van der Waals surface area (Å²) in [6.45, 7) is 2.04. The van der Waals surface area contributed by atoms with Crippen molar-refractivity contribution < 1.29 is 8.42 Å². The van der Waals surface area contributed by atoms with Gasteiger partial charge in [0.15, 0.2) is 5.03 Å². The highest BCUT2D eigenvalue weighted by Crippen LogP contribution is 2.28. The van der Waals surface area contributed by atoms with Crippen molar-refractivity contribution in [1.82, 2.24) is 14.9 Å². The SMILES string of the molecule is CCC(NS(=O)(=O)c1ccn[nH]1)C1CCCCC1. The Balaban J connectivity index is 2.06. The van der Waals surface area contributed by atoms with Crippen LogP contribution in [0.4, 0.5) is 0 Å². The number of H-pyrrole nitrogens is 1. The summed E-state index contributed by atoms with van der Waals surface area (Å²) in [6.07, 6.45) is 8.25. The molecule has 1 aliphatic carbocycles. The van der Waals surface area contributed by atoms with Gasteiger partial charge >= 0.3 is 0 Å². The lowest BCUT2D eigenvalue weighted by Crippen LogP contribution is -2.40. The van der Waals surface area contributed by atoms with E-state index in [1.165, 1.54) is 31.5 Å². The largest absolute Gasteiger partial charge is 0.266 e. The smallest absolute Gasteiger partial charge is 0.257 e. The van der Waals surface area contributed by atoms with Crippen molar-refractivity contribution in [3.63, 3.8) is 0 Å². The molecule has 0 radical (unpaired) electrons. The van der Waals surface area contributed by atoms with Crippen LogP contribution in [0.3, 0.4) is 0 Å². The highest BCUT2D eigenvalue weighted by atomic mass is 32.2. The van der Waals surface area contributed by atoms with Crippen LogP contribution in [0.25, 0.3) is 0 Å². The Morgan fingerprint density at radius 3 is 2.72 bits per heavy atom. The van der Waals surface area contributed by atoms with Gasteiger partial charge in [0.05, 0.1) is 6.20 Å². The second-order valence-electron chi connectivity index (χ2n) is 4.96. The van der Waals surface area contributed by atoms with Crippen LogP contribution >= 0.6 is 0 Å². The van der Waals surface area contributed by atoms with Crippen molar-refractivity contribution in [3.05, 3.63) is 12.3 Å². The molecule has 6 heteroatoms. The molecule has 102 valence electrons. The van der Waals surface area contributed by atoms with Gasteiger partial charge in [-0.1, -0.05) is 26.2 Å². The normalized spacial score (nSPS) is 19.8. The Bertz CT molecular complexity index is 450. The second-order valence-corrected chi connectivity index (χ2v) is 6.64. The van der Waals surface area contributed by atoms with Crippen LogP contribution < -0.4 is 4.72 Å². The molecule has 1 aliphatic rings. The summed E-state index contributed by atoms with van der Waals surface area (Å²) < 4.78 is 27.1. The summed E-state index contributed by atoms with van der Waals surface area (Å²) in [6, 6.07) is 1.52. The van der Waals surface area contributed by atoms with Gasteiger partial charge < -0.3 is 0 Å². The first-order valence-electron chi connectivity index (χ1n) is 6.65. The summed E-state index contributed by atoms with van der Waals surface area (Å²) in [4.78, 5) is 0. The number of hydrogen-bond donors (Lipinski definition) is 2. The molecule has 0 aliphatic heterocycles. The maximum atomic E-state index is 12.1. The van der Waals surface area contributed by atoms with Crippen LogP contribution in [0.15, 0.2) is 17.3 Å². The van der Waals surface area contributed by atoms with E-state index in [0.29, 0.717) is 5.92 Å². The number of sulfonamides is 1. The highest BCUT2D eigenvalue weighted by molar-refractivity contribution is 7.89. The molecule has 0 aromatic carbocycles. The molecule has 1 aromatic heterocycles. The lowest BCUT2D eigenvalue weighted by molar-refractivity contribution is 0.285. The number of nitrogens with one attached hydrogen (secondary N) is 2. The molecule has 1 unspecified atom stereocenters. The van der Waals surface area contributed by atoms with E-state index in [-0.39, 0.29) is 11.1 Å². The lowest BCUT2D eigenvalue weighted by Gasteiger charge is -2.29. The van der Waals surface area contributed by atoms with E-state index >= 15 is 0 Å². The van der Waals surface area contributed by atoms with E-state index in [1.54, 1.807) is 0 Å². The topological polar surface area (TPSA) is 74.8 Å². The fraction of sp³-hybridized carbons (Fsp3) is 0.750. The van der Waals surface area contributed by atoms with Crippen LogP contribution in [-0.4, -0.2) is 24.7 Å². The van der Waals surface area contributed by atoms with Gasteiger partial charge in [0.2, 0.25) is 0 Å². The maximum Gasteiger partial charge on any atom is 0.257 e. The highest BCUT2D eigenvalue weighted by Gasteiger charge is 2.27. The van der Waals surface area contributed by atoms with Gasteiger partial charge in [-0.05, 0) is 31.2 Å². The van der Waals surface area contributed by atoms with Crippen molar-refractivity contribution in [2.24, 2.45) is 5.92 Å². The molecule has 18 heavy (non-hydrogen) atoms. The Kier molecular flexibility index (Phi) is 4.40.